The normalized spacial score (nSPS) is 10.9. The van der Waals surface area contributed by atoms with Gasteiger partial charge >= 0.3 is 5.97 Å². The molecule has 0 aliphatic rings. The first-order valence-corrected chi connectivity index (χ1v) is 7.30. The van der Waals surface area contributed by atoms with E-state index in [4.69, 9.17) is 9.84 Å². The number of hydrogen-bond acceptors (Lipinski definition) is 4. The second-order valence-electron chi connectivity index (χ2n) is 4.30. The number of hydrogen-bond donors (Lipinski definition) is 2. The first kappa shape index (κ1) is 16.2. The highest BCUT2D eigenvalue weighted by Gasteiger charge is 2.20. The molecule has 1 aromatic rings. The van der Waals surface area contributed by atoms with Gasteiger partial charge in [0.25, 0.3) is 0 Å². The Morgan fingerprint density at radius 3 is 2.55 bits per heavy atom. The summed E-state index contributed by atoms with van der Waals surface area (Å²) < 4.78 is 31.6. The maximum Gasteiger partial charge on any atom is 0.335 e. The molecule has 0 heterocycles. The van der Waals surface area contributed by atoms with E-state index in [1.54, 1.807) is 6.08 Å². The van der Waals surface area contributed by atoms with E-state index in [1.807, 2.05) is 13.8 Å². The number of rotatable bonds is 6. The minimum absolute atomic E-state index is 0.0969. The Labute approximate surface area is 118 Å². The molecule has 0 fully saturated rings. The maximum atomic E-state index is 12.2. The fourth-order valence-electron chi connectivity index (χ4n) is 1.45. The third kappa shape index (κ3) is 4.07. The van der Waals surface area contributed by atoms with Gasteiger partial charge in [-0.2, -0.15) is 0 Å². The van der Waals surface area contributed by atoms with Crippen LogP contribution in [0.1, 0.15) is 24.2 Å². The van der Waals surface area contributed by atoms with Crippen LogP contribution in [-0.2, 0) is 10.0 Å². The van der Waals surface area contributed by atoms with E-state index in [2.05, 4.69) is 4.72 Å². The summed E-state index contributed by atoms with van der Waals surface area (Å²) in [6, 6.07) is 3.68. The van der Waals surface area contributed by atoms with Crippen LogP contribution < -0.4 is 9.46 Å². The molecule has 0 saturated heterocycles. The van der Waals surface area contributed by atoms with Crippen LogP contribution in [0.15, 0.2) is 34.7 Å². The van der Waals surface area contributed by atoms with E-state index in [1.165, 1.54) is 19.2 Å². The molecule has 6 nitrogen and oxygen atoms in total. The van der Waals surface area contributed by atoms with Crippen molar-refractivity contribution in [2.24, 2.45) is 0 Å². The van der Waals surface area contributed by atoms with Gasteiger partial charge in [-0.25, -0.2) is 17.9 Å². The standard InChI is InChI=1S/C13H17NO5S/c1-9(2)6-7-14-20(17,18)12-8-10(13(15)16)4-5-11(12)19-3/h4-6,8,14H,7H2,1-3H3,(H,15,16). The average Bonchev–Trinajstić information content (AvgIpc) is 2.37. The summed E-state index contributed by atoms with van der Waals surface area (Å²) in [5.74, 6) is -1.10. The highest BCUT2D eigenvalue weighted by atomic mass is 32.2. The zero-order valence-corrected chi connectivity index (χ0v) is 12.3. The van der Waals surface area contributed by atoms with Crippen LogP contribution in [0.5, 0.6) is 5.75 Å². The number of sulfonamides is 1. The molecule has 0 bridgehead atoms. The Morgan fingerprint density at radius 2 is 2.05 bits per heavy atom. The molecule has 0 aliphatic carbocycles. The van der Waals surface area contributed by atoms with Crippen molar-refractivity contribution in [2.75, 3.05) is 13.7 Å². The number of nitrogens with one attached hydrogen (secondary N) is 1. The van der Waals surface area contributed by atoms with E-state index in [0.717, 1.165) is 11.6 Å². The van der Waals surface area contributed by atoms with Gasteiger partial charge in [-0.1, -0.05) is 11.6 Å². The smallest absolute Gasteiger partial charge is 0.335 e. The van der Waals surface area contributed by atoms with E-state index in [-0.39, 0.29) is 22.8 Å². The lowest BCUT2D eigenvalue weighted by Crippen LogP contribution is -2.24. The van der Waals surface area contributed by atoms with Crippen LogP contribution in [-0.4, -0.2) is 33.1 Å². The van der Waals surface area contributed by atoms with Crippen molar-refractivity contribution in [3.05, 3.63) is 35.4 Å². The summed E-state index contributed by atoms with van der Waals surface area (Å²) in [7, 11) is -2.51. The fourth-order valence-corrected chi connectivity index (χ4v) is 2.61. The number of aromatic carboxylic acids is 1. The molecule has 2 N–H and O–H groups in total. The highest BCUT2D eigenvalue weighted by molar-refractivity contribution is 7.89. The highest BCUT2D eigenvalue weighted by Crippen LogP contribution is 2.24. The summed E-state index contributed by atoms with van der Waals surface area (Å²) in [6.45, 7) is 3.82. The van der Waals surface area contributed by atoms with Gasteiger partial charge < -0.3 is 9.84 Å². The number of ether oxygens (including phenoxy) is 1. The molecule has 0 radical (unpaired) electrons. The quantitative estimate of drug-likeness (QED) is 0.779. The fraction of sp³-hybridized carbons (Fsp3) is 0.308. The lowest BCUT2D eigenvalue weighted by molar-refractivity contribution is 0.0696. The molecular weight excluding hydrogens is 282 g/mol. The van der Waals surface area contributed by atoms with Gasteiger partial charge in [-0.05, 0) is 32.0 Å². The summed E-state index contributed by atoms with van der Waals surface area (Å²) in [6.07, 6.45) is 1.71. The van der Waals surface area contributed by atoms with Gasteiger partial charge in [0.2, 0.25) is 10.0 Å². The SMILES string of the molecule is COc1ccc(C(=O)O)cc1S(=O)(=O)NCC=C(C)C. The van der Waals surface area contributed by atoms with Gasteiger partial charge in [0.1, 0.15) is 10.6 Å². The predicted octanol–water partition coefficient (Wildman–Crippen LogP) is 1.64. The van der Waals surface area contributed by atoms with E-state index >= 15 is 0 Å². The lowest BCUT2D eigenvalue weighted by Gasteiger charge is -2.10. The Morgan fingerprint density at radius 1 is 1.40 bits per heavy atom. The Bertz CT molecular complexity index is 630. The maximum absolute atomic E-state index is 12.2. The molecule has 0 spiro atoms. The first-order chi connectivity index (χ1) is 9.27. The van der Waals surface area contributed by atoms with Gasteiger partial charge in [0, 0.05) is 6.54 Å². The summed E-state index contributed by atoms with van der Waals surface area (Å²) in [5, 5.41) is 8.92. The molecule has 0 saturated carbocycles. The number of carbonyl (C=O) groups is 1. The molecule has 110 valence electrons. The van der Waals surface area contributed by atoms with Crippen LogP contribution in [0.4, 0.5) is 0 Å². The van der Waals surface area contributed by atoms with Crippen LogP contribution in [0, 0.1) is 0 Å². The van der Waals surface area contributed by atoms with E-state index in [0.29, 0.717) is 0 Å². The van der Waals surface area contributed by atoms with Crippen molar-refractivity contribution in [1.82, 2.24) is 4.72 Å². The zero-order valence-electron chi connectivity index (χ0n) is 11.5. The molecule has 0 aromatic heterocycles. The summed E-state index contributed by atoms with van der Waals surface area (Å²) in [4.78, 5) is 10.7. The van der Waals surface area contributed by atoms with Crippen molar-refractivity contribution in [2.45, 2.75) is 18.7 Å². The molecule has 0 atom stereocenters. The number of methoxy groups -OCH3 is 1. The zero-order chi connectivity index (χ0) is 15.3. The van der Waals surface area contributed by atoms with Crippen LogP contribution in [0.3, 0.4) is 0 Å². The molecule has 1 rings (SSSR count). The van der Waals surface area contributed by atoms with Gasteiger partial charge in [0.15, 0.2) is 0 Å². The Kier molecular flexibility index (Phi) is 5.29. The third-order valence-electron chi connectivity index (χ3n) is 2.48. The second-order valence-corrected chi connectivity index (χ2v) is 6.04. The topological polar surface area (TPSA) is 92.7 Å². The third-order valence-corrected chi connectivity index (χ3v) is 3.93. The molecule has 0 amide bonds. The number of carboxylic acids is 1. The molecule has 7 heteroatoms. The van der Waals surface area contributed by atoms with Gasteiger partial charge in [-0.3, -0.25) is 0 Å². The molecule has 1 aromatic carbocycles. The van der Waals surface area contributed by atoms with Crippen molar-refractivity contribution in [3.63, 3.8) is 0 Å². The minimum Gasteiger partial charge on any atom is -0.495 e. The number of allylic oxidation sites excluding steroid dienone is 1. The molecule has 20 heavy (non-hydrogen) atoms. The summed E-state index contributed by atoms with van der Waals surface area (Å²) in [5.41, 5.74) is 0.854. The lowest BCUT2D eigenvalue weighted by atomic mass is 10.2. The largest absolute Gasteiger partial charge is 0.495 e. The van der Waals surface area contributed by atoms with Crippen LogP contribution in [0.25, 0.3) is 0 Å². The van der Waals surface area contributed by atoms with E-state index < -0.39 is 16.0 Å². The Hall–Kier alpha value is -1.86. The molecule has 0 unspecified atom stereocenters. The van der Waals surface area contributed by atoms with Crippen LogP contribution >= 0.6 is 0 Å². The molecular formula is C13H17NO5S. The summed E-state index contributed by atoms with van der Waals surface area (Å²) >= 11 is 0. The molecule has 0 aliphatic heterocycles. The van der Waals surface area contributed by atoms with Crippen molar-refractivity contribution in [3.8, 4) is 5.75 Å². The van der Waals surface area contributed by atoms with Crippen LogP contribution in [0.2, 0.25) is 0 Å². The second kappa shape index (κ2) is 6.53. The monoisotopic (exact) mass is 299 g/mol. The van der Waals surface area contributed by atoms with Crippen molar-refractivity contribution < 1.29 is 23.1 Å². The average molecular weight is 299 g/mol. The van der Waals surface area contributed by atoms with Crippen molar-refractivity contribution >= 4 is 16.0 Å². The van der Waals surface area contributed by atoms with Gasteiger partial charge in [-0.15, -0.1) is 0 Å². The number of carboxylic acid groups (broad SMARTS) is 1. The number of benzene rings is 1. The first-order valence-electron chi connectivity index (χ1n) is 5.82. The van der Waals surface area contributed by atoms with Gasteiger partial charge in [0.05, 0.1) is 12.7 Å². The minimum atomic E-state index is -3.84. The Balaban J connectivity index is 3.18. The van der Waals surface area contributed by atoms with E-state index in [9.17, 15) is 13.2 Å². The predicted molar refractivity (Wildman–Crippen MR) is 74.6 cm³/mol. The van der Waals surface area contributed by atoms with Crippen molar-refractivity contribution in [1.29, 1.82) is 0 Å².